The van der Waals surface area contributed by atoms with Crippen LogP contribution >= 0.6 is 0 Å². The van der Waals surface area contributed by atoms with Crippen LogP contribution in [0.15, 0.2) is 15.8 Å². The van der Waals surface area contributed by atoms with Gasteiger partial charge in [-0.25, -0.2) is 9.59 Å². The third-order valence-electron chi connectivity index (χ3n) is 3.34. The van der Waals surface area contributed by atoms with Gasteiger partial charge in [-0.15, -0.1) is 0 Å². The molecule has 0 aliphatic heterocycles. The minimum Gasteiger partial charge on any atom is -0.480 e. The first-order valence-corrected chi connectivity index (χ1v) is 6.13. The number of carboxylic acid groups (broad SMARTS) is 1. The third-order valence-corrected chi connectivity index (χ3v) is 3.34. The monoisotopic (exact) mass is 268 g/mol. The van der Waals surface area contributed by atoms with E-state index in [9.17, 15) is 14.4 Å². The number of carbonyl (C=O) groups is 1. The quantitative estimate of drug-likeness (QED) is 0.802. The number of rotatable bonds is 4. The van der Waals surface area contributed by atoms with Gasteiger partial charge >= 0.3 is 11.7 Å². The van der Waals surface area contributed by atoms with Crippen molar-refractivity contribution in [1.29, 1.82) is 0 Å². The number of hydrogen-bond donors (Lipinski definition) is 2. The molecule has 2 N–H and O–H groups in total. The molecule has 0 radical (unpaired) electrons. The van der Waals surface area contributed by atoms with Crippen LogP contribution in [0, 0.1) is 6.92 Å². The first-order valence-electron chi connectivity index (χ1n) is 6.13. The Hall–Kier alpha value is -1.89. The fourth-order valence-electron chi connectivity index (χ4n) is 2.37. The first-order chi connectivity index (χ1) is 8.97. The van der Waals surface area contributed by atoms with Gasteiger partial charge in [0.15, 0.2) is 0 Å². The fraction of sp³-hybridized carbons (Fsp3) is 0.583. The van der Waals surface area contributed by atoms with Gasteiger partial charge in [0.1, 0.15) is 6.61 Å². The van der Waals surface area contributed by atoms with Crippen molar-refractivity contribution in [3.8, 4) is 0 Å². The molecule has 19 heavy (non-hydrogen) atoms. The molecular formula is C12H16N2O5. The first kappa shape index (κ1) is 13.5. The molecular weight excluding hydrogens is 252 g/mol. The summed E-state index contributed by atoms with van der Waals surface area (Å²) in [6.45, 7) is 1.32. The number of nitrogens with one attached hydrogen (secondary N) is 1. The van der Waals surface area contributed by atoms with Crippen LogP contribution in [0.5, 0.6) is 0 Å². The zero-order valence-electron chi connectivity index (χ0n) is 10.6. The Morgan fingerprint density at radius 1 is 1.53 bits per heavy atom. The Balaban J connectivity index is 2.09. The maximum absolute atomic E-state index is 11.7. The van der Waals surface area contributed by atoms with Crippen LogP contribution in [0.25, 0.3) is 0 Å². The van der Waals surface area contributed by atoms with E-state index < -0.39 is 11.7 Å². The minimum absolute atomic E-state index is 0.0538. The van der Waals surface area contributed by atoms with Crippen LogP contribution in [0.4, 0.5) is 0 Å². The number of nitrogens with zero attached hydrogens (tertiary/aromatic N) is 1. The number of aryl methyl sites for hydroxylation is 1. The van der Waals surface area contributed by atoms with E-state index in [1.54, 1.807) is 13.1 Å². The zero-order valence-corrected chi connectivity index (χ0v) is 10.6. The highest BCUT2D eigenvalue weighted by molar-refractivity contribution is 5.68. The van der Waals surface area contributed by atoms with Crippen molar-refractivity contribution in [2.75, 3.05) is 6.61 Å². The number of hydrogen-bond acceptors (Lipinski definition) is 4. The van der Waals surface area contributed by atoms with Gasteiger partial charge in [-0.2, -0.15) is 0 Å². The highest BCUT2D eigenvalue weighted by atomic mass is 16.5. The molecule has 0 bridgehead atoms. The SMILES string of the molecule is Cc1cn([C@H]2CC[C@@H](OCC(=O)O)C2)c(=O)[nH]c1=O. The molecule has 1 heterocycles. The van der Waals surface area contributed by atoms with Crippen molar-refractivity contribution >= 4 is 5.97 Å². The summed E-state index contributed by atoms with van der Waals surface area (Å²) in [4.78, 5) is 35.7. The molecule has 7 nitrogen and oxygen atoms in total. The van der Waals surface area contributed by atoms with E-state index in [-0.39, 0.29) is 24.3 Å². The standard InChI is InChI=1S/C12H16N2O5/c1-7-5-14(12(18)13-11(7)17)8-2-3-9(4-8)19-6-10(15)16/h5,8-9H,2-4,6H2,1H3,(H,15,16)(H,13,17,18)/t8-,9+/m0/s1. The van der Waals surface area contributed by atoms with Crippen LogP contribution in [0.3, 0.4) is 0 Å². The molecule has 7 heteroatoms. The van der Waals surface area contributed by atoms with E-state index in [0.29, 0.717) is 18.4 Å². The van der Waals surface area contributed by atoms with Crippen molar-refractivity contribution in [1.82, 2.24) is 9.55 Å². The minimum atomic E-state index is -1.000. The smallest absolute Gasteiger partial charge is 0.329 e. The van der Waals surface area contributed by atoms with Crippen molar-refractivity contribution in [2.45, 2.75) is 38.3 Å². The normalized spacial score (nSPS) is 22.6. The summed E-state index contributed by atoms with van der Waals surface area (Å²) in [5, 5.41) is 8.55. The van der Waals surface area contributed by atoms with E-state index in [4.69, 9.17) is 9.84 Å². The van der Waals surface area contributed by atoms with Gasteiger partial charge in [0, 0.05) is 17.8 Å². The summed E-state index contributed by atoms with van der Waals surface area (Å²) in [5.41, 5.74) is -0.327. The predicted molar refractivity (Wildman–Crippen MR) is 66.3 cm³/mol. The topological polar surface area (TPSA) is 101 Å². The molecule has 0 saturated heterocycles. The number of aliphatic carboxylic acids is 1. The molecule has 2 rings (SSSR count). The molecule has 0 spiro atoms. The third kappa shape index (κ3) is 3.11. The van der Waals surface area contributed by atoms with Gasteiger partial charge in [-0.05, 0) is 26.2 Å². The molecule has 1 fully saturated rings. The Kier molecular flexibility index (Phi) is 3.84. The van der Waals surface area contributed by atoms with Crippen LogP contribution < -0.4 is 11.2 Å². The molecule has 1 aliphatic carbocycles. The van der Waals surface area contributed by atoms with Crippen molar-refractivity contribution in [3.63, 3.8) is 0 Å². The molecule has 1 aliphatic rings. The lowest BCUT2D eigenvalue weighted by molar-refractivity contribution is -0.144. The molecule has 2 atom stereocenters. The molecule has 1 aromatic rings. The Morgan fingerprint density at radius 2 is 2.26 bits per heavy atom. The molecule has 0 amide bonds. The lowest BCUT2D eigenvalue weighted by atomic mass is 10.2. The maximum Gasteiger partial charge on any atom is 0.329 e. The molecule has 104 valence electrons. The highest BCUT2D eigenvalue weighted by Gasteiger charge is 2.27. The predicted octanol–water partition coefficient (Wildman–Crippen LogP) is 0.0398. The molecule has 1 aromatic heterocycles. The summed E-state index contributed by atoms with van der Waals surface area (Å²) < 4.78 is 6.72. The van der Waals surface area contributed by atoms with Crippen LogP contribution in [0.1, 0.15) is 30.9 Å². The highest BCUT2D eigenvalue weighted by Crippen LogP contribution is 2.30. The van der Waals surface area contributed by atoms with Gasteiger partial charge in [-0.3, -0.25) is 14.3 Å². The second-order valence-corrected chi connectivity index (χ2v) is 4.77. The number of aromatic amines is 1. The Morgan fingerprint density at radius 3 is 2.95 bits per heavy atom. The van der Waals surface area contributed by atoms with Crippen molar-refractivity contribution in [2.24, 2.45) is 0 Å². The van der Waals surface area contributed by atoms with E-state index >= 15 is 0 Å². The summed E-state index contributed by atoms with van der Waals surface area (Å²) in [7, 11) is 0. The van der Waals surface area contributed by atoms with Crippen LogP contribution in [-0.2, 0) is 9.53 Å². The fourth-order valence-corrected chi connectivity index (χ4v) is 2.37. The van der Waals surface area contributed by atoms with Gasteiger partial charge in [-0.1, -0.05) is 0 Å². The van der Waals surface area contributed by atoms with E-state index in [1.807, 2.05) is 0 Å². The lowest BCUT2D eigenvalue weighted by Crippen LogP contribution is -2.32. The lowest BCUT2D eigenvalue weighted by Gasteiger charge is -2.14. The van der Waals surface area contributed by atoms with Crippen LogP contribution in [-0.4, -0.2) is 33.3 Å². The van der Waals surface area contributed by atoms with Crippen molar-refractivity contribution in [3.05, 3.63) is 32.6 Å². The molecule has 0 unspecified atom stereocenters. The number of carboxylic acids is 1. The van der Waals surface area contributed by atoms with Crippen molar-refractivity contribution < 1.29 is 14.6 Å². The largest absolute Gasteiger partial charge is 0.480 e. The summed E-state index contributed by atoms with van der Waals surface area (Å²) in [6, 6.07) is -0.0538. The summed E-state index contributed by atoms with van der Waals surface area (Å²) in [5.74, 6) is -1.000. The van der Waals surface area contributed by atoms with Gasteiger partial charge in [0.05, 0.1) is 6.10 Å². The second kappa shape index (κ2) is 5.40. The molecule has 1 saturated carbocycles. The summed E-state index contributed by atoms with van der Waals surface area (Å²) in [6.07, 6.45) is 3.42. The second-order valence-electron chi connectivity index (χ2n) is 4.77. The van der Waals surface area contributed by atoms with Gasteiger partial charge in [0.25, 0.3) is 5.56 Å². The number of H-pyrrole nitrogens is 1. The summed E-state index contributed by atoms with van der Waals surface area (Å²) >= 11 is 0. The van der Waals surface area contributed by atoms with Gasteiger partial charge in [0.2, 0.25) is 0 Å². The average Bonchev–Trinajstić information content (AvgIpc) is 2.80. The van der Waals surface area contributed by atoms with Crippen LogP contribution in [0.2, 0.25) is 0 Å². The van der Waals surface area contributed by atoms with Gasteiger partial charge < -0.3 is 9.84 Å². The molecule has 0 aromatic carbocycles. The zero-order chi connectivity index (χ0) is 14.0. The van der Waals surface area contributed by atoms with E-state index in [1.165, 1.54) is 4.57 Å². The maximum atomic E-state index is 11.7. The van der Waals surface area contributed by atoms with E-state index in [2.05, 4.69) is 4.98 Å². The number of ether oxygens (including phenoxy) is 1. The average molecular weight is 268 g/mol. The Bertz CT molecular complexity index is 589. The van der Waals surface area contributed by atoms with E-state index in [0.717, 1.165) is 6.42 Å². The number of aromatic nitrogens is 2. The Labute approximate surface area is 108 Å².